The van der Waals surface area contributed by atoms with Gasteiger partial charge in [-0.05, 0) is 13.0 Å². The molecular formula is C10H9N3O4. The molecule has 88 valence electrons. The average Bonchev–Trinajstić information content (AvgIpc) is 2.76. The number of aliphatic hydroxyl groups excluding tert-OH is 1. The Morgan fingerprint density at radius 2 is 2.29 bits per heavy atom. The topological polar surface area (TPSA) is 102 Å². The van der Waals surface area contributed by atoms with E-state index in [4.69, 9.17) is 9.63 Å². The third kappa shape index (κ3) is 2.00. The minimum atomic E-state index is -0.493. The molecule has 0 radical (unpaired) electrons. The Balaban J connectivity index is 2.58. The summed E-state index contributed by atoms with van der Waals surface area (Å²) in [5.41, 5.74) is 0.694. The number of rotatable bonds is 3. The van der Waals surface area contributed by atoms with Crippen LogP contribution in [-0.2, 0) is 6.61 Å². The van der Waals surface area contributed by atoms with Crippen molar-refractivity contribution in [2.75, 3.05) is 0 Å². The summed E-state index contributed by atoms with van der Waals surface area (Å²) >= 11 is 0. The van der Waals surface area contributed by atoms with E-state index < -0.39 is 4.92 Å². The first-order chi connectivity index (χ1) is 8.13. The summed E-state index contributed by atoms with van der Waals surface area (Å²) < 4.78 is 4.86. The number of nitro groups is 1. The second-order valence-electron chi connectivity index (χ2n) is 3.40. The molecule has 1 N–H and O–H groups in total. The minimum absolute atomic E-state index is 0.0319. The van der Waals surface area contributed by atoms with Gasteiger partial charge in [0.15, 0.2) is 5.82 Å². The van der Waals surface area contributed by atoms with E-state index in [-0.39, 0.29) is 29.6 Å². The summed E-state index contributed by atoms with van der Waals surface area (Å²) in [7, 11) is 0. The van der Waals surface area contributed by atoms with Crippen molar-refractivity contribution in [2.24, 2.45) is 0 Å². The Bertz CT molecular complexity index is 564. The number of aliphatic hydroxyl groups is 1. The van der Waals surface area contributed by atoms with Crippen LogP contribution in [0.2, 0.25) is 0 Å². The maximum Gasteiger partial charge on any atom is 0.285 e. The van der Waals surface area contributed by atoms with E-state index in [1.54, 1.807) is 19.1 Å². The van der Waals surface area contributed by atoms with E-state index in [1.165, 1.54) is 6.07 Å². The Morgan fingerprint density at radius 1 is 1.53 bits per heavy atom. The highest BCUT2D eigenvalue weighted by molar-refractivity contribution is 5.69. The lowest BCUT2D eigenvalue weighted by atomic mass is 10.1. The molecule has 7 heteroatoms. The third-order valence-corrected chi connectivity index (χ3v) is 2.26. The van der Waals surface area contributed by atoms with E-state index in [1.807, 2.05) is 0 Å². The zero-order valence-corrected chi connectivity index (χ0v) is 8.95. The molecule has 2 aromatic rings. The summed E-state index contributed by atoms with van der Waals surface area (Å²) in [6.07, 6.45) is 0. The summed E-state index contributed by atoms with van der Waals surface area (Å²) in [5, 5.41) is 23.3. The van der Waals surface area contributed by atoms with Crippen LogP contribution in [0, 0.1) is 17.0 Å². The van der Waals surface area contributed by atoms with Crippen molar-refractivity contribution in [3.8, 4) is 11.5 Å². The Kier molecular flexibility index (Phi) is 2.84. The summed E-state index contributed by atoms with van der Waals surface area (Å²) in [4.78, 5) is 14.3. The molecule has 1 aromatic carbocycles. The molecule has 0 bridgehead atoms. The number of hydrogen-bond acceptors (Lipinski definition) is 6. The SMILES string of the molecule is Cc1cccc(-c2nc(CO)no2)c1[N+](=O)[O-]. The van der Waals surface area contributed by atoms with Crippen molar-refractivity contribution < 1.29 is 14.6 Å². The van der Waals surface area contributed by atoms with Crippen molar-refractivity contribution in [3.63, 3.8) is 0 Å². The van der Waals surface area contributed by atoms with E-state index >= 15 is 0 Å². The summed E-state index contributed by atoms with van der Waals surface area (Å²) in [6.45, 7) is 1.26. The molecule has 0 saturated heterocycles. The summed E-state index contributed by atoms with van der Waals surface area (Å²) in [6, 6.07) is 4.82. The van der Waals surface area contributed by atoms with Crippen LogP contribution < -0.4 is 0 Å². The number of hydrogen-bond donors (Lipinski definition) is 1. The number of nitrogens with zero attached hydrogens (tertiary/aromatic N) is 3. The first kappa shape index (κ1) is 11.2. The predicted octanol–water partition coefficient (Wildman–Crippen LogP) is 1.45. The van der Waals surface area contributed by atoms with Gasteiger partial charge in [0.1, 0.15) is 12.2 Å². The summed E-state index contributed by atoms with van der Waals surface area (Å²) in [5.74, 6) is 0.125. The molecule has 7 nitrogen and oxygen atoms in total. The maximum atomic E-state index is 11.0. The highest BCUT2D eigenvalue weighted by Gasteiger charge is 2.22. The van der Waals surface area contributed by atoms with Gasteiger partial charge in [0.2, 0.25) is 0 Å². The van der Waals surface area contributed by atoms with Gasteiger partial charge >= 0.3 is 0 Å². The molecule has 0 aliphatic rings. The quantitative estimate of drug-likeness (QED) is 0.637. The number of nitro benzene ring substituents is 1. The first-order valence-corrected chi connectivity index (χ1v) is 4.81. The second kappa shape index (κ2) is 4.30. The van der Waals surface area contributed by atoms with Crippen molar-refractivity contribution in [1.82, 2.24) is 10.1 Å². The fraction of sp³-hybridized carbons (Fsp3) is 0.200. The van der Waals surface area contributed by atoms with Gasteiger partial charge in [-0.3, -0.25) is 10.1 Å². The minimum Gasteiger partial charge on any atom is -0.388 e. The lowest BCUT2D eigenvalue weighted by Crippen LogP contribution is -1.95. The smallest absolute Gasteiger partial charge is 0.285 e. The molecule has 1 heterocycles. The van der Waals surface area contributed by atoms with Crippen molar-refractivity contribution >= 4 is 5.69 Å². The van der Waals surface area contributed by atoms with E-state index in [0.717, 1.165) is 0 Å². The monoisotopic (exact) mass is 235 g/mol. The van der Waals surface area contributed by atoms with Crippen LogP contribution in [0.3, 0.4) is 0 Å². The molecule has 1 aromatic heterocycles. The molecule has 2 rings (SSSR count). The zero-order valence-electron chi connectivity index (χ0n) is 8.95. The van der Waals surface area contributed by atoms with Crippen molar-refractivity contribution in [1.29, 1.82) is 0 Å². The lowest BCUT2D eigenvalue weighted by molar-refractivity contribution is -0.384. The van der Waals surface area contributed by atoms with Crippen LogP contribution in [0.4, 0.5) is 5.69 Å². The molecule has 0 aliphatic carbocycles. The molecule has 0 unspecified atom stereocenters. The molecule has 0 spiro atoms. The van der Waals surface area contributed by atoms with Crippen LogP contribution >= 0.6 is 0 Å². The molecule has 0 amide bonds. The van der Waals surface area contributed by atoms with E-state index in [9.17, 15) is 10.1 Å². The number of para-hydroxylation sites is 1. The van der Waals surface area contributed by atoms with Gasteiger partial charge in [-0.2, -0.15) is 4.98 Å². The third-order valence-electron chi connectivity index (χ3n) is 2.26. The molecule has 0 saturated carbocycles. The molecule has 0 aliphatic heterocycles. The Morgan fingerprint density at radius 3 is 2.88 bits per heavy atom. The van der Waals surface area contributed by atoms with Gasteiger partial charge in [-0.25, -0.2) is 0 Å². The van der Waals surface area contributed by atoms with Gasteiger partial charge < -0.3 is 9.63 Å². The van der Waals surface area contributed by atoms with Crippen LogP contribution in [0.5, 0.6) is 0 Å². The second-order valence-corrected chi connectivity index (χ2v) is 3.40. The van der Waals surface area contributed by atoms with Gasteiger partial charge in [0, 0.05) is 5.56 Å². The zero-order chi connectivity index (χ0) is 12.4. The number of benzene rings is 1. The first-order valence-electron chi connectivity index (χ1n) is 4.81. The maximum absolute atomic E-state index is 11.0. The Hall–Kier alpha value is -2.28. The van der Waals surface area contributed by atoms with Crippen LogP contribution in [0.1, 0.15) is 11.4 Å². The number of aromatic nitrogens is 2. The van der Waals surface area contributed by atoms with Gasteiger partial charge in [-0.1, -0.05) is 17.3 Å². The fourth-order valence-electron chi connectivity index (χ4n) is 1.50. The Labute approximate surface area is 95.9 Å². The van der Waals surface area contributed by atoms with Crippen LogP contribution in [-0.4, -0.2) is 20.2 Å². The highest BCUT2D eigenvalue weighted by atomic mass is 16.6. The fourth-order valence-corrected chi connectivity index (χ4v) is 1.50. The lowest BCUT2D eigenvalue weighted by Gasteiger charge is -2.00. The van der Waals surface area contributed by atoms with Gasteiger partial charge in [0.05, 0.1) is 4.92 Å². The highest BCUT2D eigenvalue weighted by Crippen LogP contribution is 2.31. The molecule has 0 fully saturated rings. The van der Waals surface area contributed by atoms with Crippen molar-refractivity contribution in [2.45, 2.75) is 13.5 Å². The average molecular weight is 235 g/mol. The predicted molar refractivity (Wildman–Crippen MR) is 57.0 cm³/mol. The molecule has 0 atom stereocenters. The van der Waals surface area contributed by atoms with Gasteiger partial charge in [-0.15, -0.1) is 0 Å². The number of aryl methyl sites for hydroxylation is 1. The largest absolute Gasteiger partial charge is 0.388 e. The van der Waals surface area contributed by atoms with Gasteiger partial charge in [0.25, 0.3) is 11.6 Å². The van der Waals surface area contributed by atoms with Crippen molar-refractivity contribution in [3.05, 3.63) is 39.7 Å². The van der Waals surface area contributed by atoms with Crippen LogP contribution in [0.25, 0.3) is 11.5 Å². The molecule has 17 heavy (non-hydrogen) atoms. The van der Waals surface area contributed by atoms with E-state index in [2.05, 4.69) is 10.1 Å². The normalized spacial score (nSPS) is 10.5. The van der Waals surface area contributed by atoms with Crippen LogP contribution in [0.15, 0.2) is 22.7 Å². The standard InChI is InChI=1S/C10H9N3O4/c1-6-3-2-4-7(9(6)13(15)16)10-11-8(5-14)12-17-10/h2-4,14H,5H2,1H3. The molecular weight excluding hydrogens is 226 g/mol. The van der Waals surface area contributed by atoms with E-state index in [0.29, 0.717) is 5.56 Å².